The summed E-state index contributed by atoms with van der Waals surface area (Å²) in [5, 5.41) is 2.76. The number of carbonyl (C=O) groups is 2. The molecule has 4 rings (SSSR count). The highest BCUT2D eigenvalue weighted by Crippen LogP contribution is 2.21. The molecule has 0 fully saturated rings. The van der Waals surface area contributed by atoms with Gasteiger partial charge in [0.25, 0.3) is 11.8 Å². The summed E-state index contributed by atoms with van der Waals surface area (Å²) < 4.78 is 10.7. The van der Waals surface area contributed by atoms with Gasteiger partial charge in [-0.05, 0) is 53.9 Å². The lowest BCUT2D eigenvalue weighted by Gasteiger charge is -2.29. The van der Waals surface area contributed by atoms with Crippen molar-refractivity contribution >= 4 is 17.5 Å². The summed E-state index contributed by atoms with van der Waals surface area (Å²) in [6.07, 6.45) is 0.867. The van der Waals surface area contributed by atoms with Gasteiger partial charge in [-0.15, -0.1) is 0 Å². The fourth-order valence-corrected chi connectivity index (χ4v) is 3.59. The number of rotatable bonds is 6. The Morgan fingerprint density at radius 3 is 2.48 bits per heavy atom. The third-order valence-electron chi connectivity index (χ3n) is 5.24. The molecule has 0 spiro atoms. The minimum atomic E-state index is -0.277. The van der Waals surface area contributed by atoms with Gasteiger partial charge in [-0.1, -0.05) is 30.3 Å². The molecule has 0 saturated heterocycles. The van der Waals surface area contributed by atoms with E-state index >= 15 is 0 Å². The first kappa shape index (κ1) is 20.5. The van der Waals surface area contributed by atoms with Crippen LogP contribution >= 0.6 is 0 Å². The third kappa shape index (κ3) is 5.04. The van der Waals surface area contributed by atoms with Crippen LogP contribution in [0.2, 0.25) is 0 Å². The molecular formula is C25H24N2O4. The SMILES string of the molecule is COc1cccc(NC(=O)COc2ccc(C(=O)N3CCc4ccccc4C3)cc2)c1. The number of ether oxygens (including phenoxy) is 2. The molecule has 0 radical (unpaired) electrons. The van der Waals surface area contributed by atoms with Crippen LogP contribution in [0.1, 0.15) is 21.5 Å². The fraction of sp³-hybridized carbons (Fsp3) is 0.200. The zero-order valence-electron chi connectivity index (χ0n) is 17.3. The molecule has 0 aliphatic carbocycles. The molecular weight excluding hydrogens is 392 g/mol. The number of benzene rings is 3. The van der Waals surface area contributed by atoms with Crippen molar-refractivity contribution in [2.24, 2.45) is 0 Å². The normalized spacial score (nSPS) is 12.6. The molecule has 0 atom stereocenters. The lowest BCUT2D eigenvalue weighted by molar-refractivity contribution is -0.118. The Morgan fingerprint density at radius 2 is 1.71 bits per heavy atom. The number of amides is 2. The second-order valence-corrected chi connectivity index (χ2v) is 7.34. The molecule has 0 saturated carbocycles. The van der Waals surface area contributed by atoms with Gasteiger partial charge in [-0.2, -0.15) is 0 Å². The first-order valence-corrected chi connectivity index (χ1v) is 10.2. The monoisotopic (exact) mass is 416 g/mol. The number of methoxy groups -OCH3 is 1. The average molecular weight is 416 g/mol. The van der Waals surface area contributed by atoms with Crippen molar-refractivity contribution in [2.75, 3.05) is 25.6 Å². The van der Waals surface area contributed by atoms with Gasteiger partial charge >= 0.3 is 0 Å². The smallest absolute Gasteiger partial charge is 0.262 e. The van der Waals surface area contributed by atoms with E-state index < -0.39 is 0 Å². The molecule has 1 aliphatic heterocycles. The van der Waals surface area contributed by atoms with Crippen LogP contribution < -0.4 is 14.8 Å². The van der Waals surface area contributed by atoms with Crippen molar-refractivity contribution < 1.29 is 19.1 Å². The number of fused-ring (bicyclic) bond motifs is 1. The largest absolute Gasteiger partial charge is 0.497 e. The summed E-state index contributed by atoms with van der Waals surface area (Å²) >= 11 is 0. The van der Waals surface area contributed by atoms with E-state index in [9.17, 15) is 9.59 Å². The van der Waals surface area contributed by atoms with Crippen LogP contribution in [0, 0.1) is 0 Å². The van der Waals surface area contributed by atoms with Crippen LogP contribution in [0.5, 0.6) is 11.5 Å². The summed E-state index contributed by atoms with van der Waals surface area (Å²) in [5.74, 6) is 0.912. The van der Waals surface area contributed by atoms with E-state index in [0.717, 1.165) is 6.42 Å². The van der Waals surface area contributed by atoms with E-state index in [1.807, 2.05) is 17.0 Å². The van der Waals surface area contributed by atoms with Crippen molar-refractivity contribution in [3.05, 3.63) is 89.5 Å². The number of carbonyl (C=O) groups excluding carboxylic acids is 2. The van der Waals surface area contributed by atoms with Crippen molar-refractivity contribution in [3.63, 3.8) is 0 Å². The van der Waals surface area contributed by atoms with Crippen LogP contribution in [0.25, 0.3) is 0 Å². The molecule has 31 heavy (non-hydrogen) atoms. The number of nitrogens with zero attached hydrogens (tertiary/aromatic N) is 1. The topological polar surface area (TPSA) is 67.9 Å². The van der Waals surface area contributed by atoms with Crippen LogP contribution in [0.3, 0.4) is 0 Å². The van der Waals surface area contributed by atoms with Crippen molar-refractivity contribution in [1.29, 1.82) is 0 Å². The molecule has 0 unspecified atom stereocenters. The minimum absolute atomic E-state index is 0.00294. The van der Waals surface area contributed by atoms with Gasteiger partial charge < -0.3 is 19.7 Å². The zero-order chi connectivity index (χ0) is 21.6. The summed E-state index contributed by atoms with van der Waals surface area (Å²) in [7, 11) is 1.57. The van der Waals surface area contributed by atoms with Gasteiger partial charge in [0.1, 0.15) is 11.5 Å². The second kappa shape index (κ2) is 9.34. The highest BCUT2D eigenvalue weighted by molar-refractivity contribution is 5.94. The van der Waals surface area contributed by atoms with Gasteiger partial charge in [0, 0.05) is 30.4 Å². The van der Waals surface area contributed by atoms with E-state index in [4.69, 9.17) is 9.47 Å². The number of hydrogen-bond acceptors (Lipinski definition) is 4. The lowest BCUT2D eigenvalue weighted by atomic mass is 9.99. The number of nitrogens with one attached hydrogen (secondary N) is 1. The second-order valence-electron chi connectivity index (χ2n) is 7.34. The predicted molar refractivity (Wildman–Crippen MR) is 118 cm³/mol. The molecule has 2 amide bonds. The van der Waals surface area contributed by atoms with Gasteiger partial charge in [-0.25, -0.2) is 0 Å². The predicted octanol–water partition coefficient (Wildman–Crippen LogP) is 3.91. The quantitative estimate of drug-likeness (QED) is 0.662. The highest BCUT2D eigenvalue weighted by Gasteiger charge is 2.21. The van der Waals surface area contributed by atoms with Gasteiger partial charge in [-0.3, -0.25) is 9.59 Å². The van der Waals surface area contributed by atoms with Gasteiger partial charge in [0.2, 0.25) is 0 Å². The Kier molecular flexibility index (Phi) is 6.17. The van der Waals surface area contributed by atoms with Crippen LogP contribution in [0.15, 0.2) is 72.8 Å². The number of hydrogen-bond donors (Lipinski definition) is 1. The maximum atomic E-state index is 12.9. The van der Waals surface area contributed by atoms with Gasteiger partial charge in [0.05, 0.1) is 7.11 Å². The fourth-order valence-electron chi connectivity index (χ4n) is 3.59. The van der Waals surface area contributed by atoms with Crippen molar-refractivity contribution in [3.8, 4) is 11.5 Å². The molecule has 1 aliphatic rings. The van der Waals surface area contributed by atoms with Crippen LogP contribution in [0.4, 0.5) is 5.69 Å². The summed E-state index contributed by atoms with van der Waals surface area (Å²) in [5.41, 5.74) is 3.75. The standard InChI is InChI=1S/C25H24N2O4/c1-30-23-8-4-7-21(15-23)26-24(28)17-31-22-11-9-19(10-12-22)25(29)27-14-13-18-5-2-3-6-20(18)16-27/h2-12,15H,13-14,16-17H2,1H3,(H,26,28). The van der Waals surface area contributed by atoms with E-state index in [1.54, 1.807) is 55.6 Å². The van der Waals surface area contributed by atoms with Crippen LogP contribution in [-0.2, 0) is 17.8 Å². The molecule has 6 heteroatoms. The van der Waals surface area contributed by atoms with E-state index in [2.05, 4.69) is 17.4 Å². The minimum Gasteiger partial charge on any atom is -0.497 e. The molecule has 0 bridgehead atoms. The van der Waals surface area contributed by atoms with E-state index in [1.165, 1.54) is 11.1 Å². The van der Waals surface area contributed by atoms with Crippen LogP contribution in [-0.4, -0.2) is 37.0 Å². The van der Waals surface area contributed by atoms with Crippen molar-refractivity contribution in [1.82, 2.24) is 4.90 Å². The Bertz CT molecular complexity index is 1080. The summed E-state index contributed by atoms with van der Waals surface area (Å²) in [6.45, 7) is 1.20. The molecule has 1 N–H and O–H groups in total. The van der Waals surface area contributed by atoms with E-state index in [-0.39, 0.29) is 18.4 Å². The lowest BCUT2D eigenvalue weighted by Crippen LogP contribution is -2.35. The Hall–Kier alpha value is -3.80. The molecule has 158 valence electrons. The molecule has 3 aromatic rings. The van der Waals surface area contributed by atoms with Crippen molar-refractivity contribution in [2.45, 2.75) is 13.0 Å². The Balaban J connectivity index is 1.31. The summed E-state index contributed by atoms with van der Waals surface area (Å²) in [4.78, 5) is 26.8. The van der Waals surface area contributed by atoms with Gasteiger partial charge in [0.15, 0.2) is 6.61 Å². The first-order chi connectivity index (χ1) is 15.1. The average Bonchev–Trinajstić information content (AvgIpc) is 2.82. The molecule has 6 nitrogen and oxygen atoms in total. The summed E-state index contributed by atoms with van der Waals surface area (Å²) in [6, 6.07) is 22.2. The van der Waals surface area contributed by atoms with E-state index in [0.29, 0.717) is 35.8 Å². The maximum absolute atomic E-state index is 12.9. The zero-order valence-corrected chi connectivity index (χ0v) is 17.3. The highest BCUT2D eigenvalue weighted by atomic mass is 16.5. The molecule has 1 heterocycles. The number of anilines is 1. The maximum Gasteiger partial charge on any atom is 0.262 e. The Morgan fingerprint density at radius 1 is 0.935 bits per heavy atom. The molecule has 0 aromatic heterocycles. The third-order valence-corrected chi connectivity index (χ3v) is 5.24. The first-order valence-electron chi connectivity index (χ1n) is 10.2. The Labute approximate surface area is 181 Å². The molecule has 3 aromatic carbocycles.